The zero-order valence-electron chi connectivity index (χ0n) is 15.3. The fourth-order valence-corrected chi connectivity index (χ4v) is 3.94. The maximum atomic E-state index is 12.1. The number of aryl methyl sites for hydroxylation is 1. The van der Waals surface area contributed by atoms with E-state index in [4.69, 9.17) is 4.74 Å². The van der Waals surface area contributed by atoms with Gasteiger partial charge in [-0.1, -0.05) is 33.8 Å². The number of rotatable bonds is 5. The SMILES string of the molecule is CCc1ccc(OCC(=O)NC2CCC(C(C)(C)C)CC2)c(Br)c1. The second-order valence-corrected chi connectivity index (χ2v) is 8.74. The first-order chi connectivity index (χ1) is 11.3. The van der Waals surface area contributed by atoms with Crippen molar-refractivity contribution in [1.82, 2.24) is 5.32 Å². The number of halogens is 1. The highest BCUT2D eigenvalue weighted by atomic mass is 79.9. The number of hydrogen-bond acceptors (Lipinski definition) is 2. The molecule has 3 nitrogen and oxygen atoms in total. The van der Waals surface area contributed by atoms with Gasteiger partial charge in [0, 0.05) is 6.04 Å². The molecule has 24 heavy (non-hydrogen) atoms. The third-order valence-corrected chi connectivity index (χ3v) is 5.70. The van der Waals surface area contributed by atoms with Gasteiger partial charge < -0.3 is 10.1 Å². The molecule has 1 fully saturated rings. The molecule has 2 rings (SSSR count). The number of nitrogens with one attached hydrogen (secondary N) is 1. The van der Waals surface area contributed by atoms with E-state index in [1.54, 1.807) is 0 Å². The van der Waals surface area contributed by atoms with Crippen LogP contribution in [0, 0.1) is 11.3 Å². The van der Waals surface area contributed by atoms with Gasteiger partial charge in [0.1, 0.15) is 5.75 Å². The summed E-state index contributed by atoms with van der Waals surface area (Å²) in [7, 11) is 0. The number of carbonyl (C=O) groups is 1. The summed E-state index contributed by atoms with van der Waals surface area (Å²) in [6, 6.07) is 6.29. The van der Waals surface area contributed by atoms with Gasteiger partial charge in [-0.05, 0) is 77.1 Å². The van der Waals surface area contributed by atoms with E-state index in [-0.39, 0.29) is 12.5 Å². The summed E-state index contributed by atoms with van der Waals surface area (Å²) in [4.78, 5) is 12.1. The Hall–Kier alpha value is -1.03. The molecule has 1 aliphatic carbocycles. The van der Waals surface area contributed by atoms with Gasteiger partial charge in [0.05, 0.1) is 4.47 Å². The first kappa shape index (κ1) is 19.3. The summed E-state index contributed by atoms with van der Waals surface area (Å²) in [5, 5.41) is 3.12. The highest BCUT2D eigenvalue weighted by Gasteiger charge is 2.30. The lowest BCUT2D eigenvalue weighted by molar-refractivity contribution is -0.124. The van der Waals surface area contributed by atoms with Gasteiger partial charge >= 0.3 is 0 Å². The van der Waals surface area contributed by atoms with Gasteiger partial charge in [0.15, 0.2) is 6.61 Å². The van der Waals surface area contributed by atoms with Crippen LogP contribution < -0.4 is 10.1 Å². The molecule has 0 atom stereocenters. The zero-order chi connectivity index (χ0) is 17.7. The third-order valence-electron chi connectivity index (χ3n) is 5.08. The second kappa shape index (κ2) is 8.37. The third kappa shape index (κ3) is 5.51. The number of ether oxygens (including phenoxy) is 1. The molecule has 1 aliphatic rings. The molecule has 0 spiro atoms. The Morgan fingerprint density at radius 2 is 1.92 bits per heavy atom. The monoisotopic (exact) mass is 395 g/mol. The Kier molecular flexibility index (Phi) is 6.73. The van der Waals surface area contributed by atoms with Crippen LogP contribution in [0.3, 0.4) is 0 Å². The molecule has 0 radical (unpaired) electrons. The van der Waals surface area contributed by atoms with E-state index in [0.717, 1.165) is 35.4 Å². The average molecular weight is 396 g/mol. The van der Waals surface area contributed by atoms with Gasteiger partial charge in [0.25, 0.3) is 5.91 Å². The smallest absolute Gasteiger partial charge is 0.258 e. The predicted molar refractivity (Wildman–Crippen MR) is 102 cm³/mol. The molecule has 0 heterocycles. The topological polar surface area (TPSA) is 38.3 Å². The Balaban J connectivity index is 1.76. The lowest BCUT2D eigenvalue weighted by atomic mass is 9.71. The summed E-state index contributed by atoms with van der Waals surface area (Å²) < 4.78 is 6.56. The molecule has 1 aromatic carbocycles. The van der Waals surface area contributed by atoms with Crippen molar-refractivity contribution in [2.24, 2.45) is 11.3 Å². The lowest BCUT2D eigenvalue weighted by Crippen LogP contribution is -2.41. The van der Waals surface area contributed by atoms with Gasteiger partial charge in [0.2, 0.25) is 0 Å². The van der Waals surface area contributed by atoms with Crippen LogP contribution >= 0.6 is 15.9 Å². The molecule has 4 heteroatoms. The number of carbonyl (C=O) groups excluding carboxylic acids is 1. The van der Waals surface area contributed by atoms with Crippen LogP contribution in [0.15, 0.2) is 22.7 Å². The van der Waals surface area contributed by atoms with Crippen molar-refractivity contribution in [3.8, 4) is 5.75 Å². The summed E-state index contributed by atoms with van der Waals surface area (Å²) in [5.41, 5.74) is 1.61. The standard InChI is InChI=1S/C20H30BrNO2/c1-5-14-6-11-18(17(21)12-14)24-13-19(23)22-16-9-7-15(8-10-16)20(2,3)4/h6,11-12,15-16H,5,7-10,13H2,1-4H3,(H,22,23). The molecule has 1 saturated carbocycles. The van der Waals surface area contributed by atoms with E-state index in [2.05, 4.69) is 48.9 Å². The van der Waals surface area contributed by atoms with E-state index in [1.807, 2.05) is 18.2 Å². The van der Waals surface area contributed by atoms with E-state index < -0.39 is 0 Å². The molecule has 0 aromatic heterocycles. The summed E-state index contributed by atoms with van der Waals surface area (Å²) >= 11 is 3.50. The van der Waals surface area contributed by atoms with Crippen LogP contribution in [0.2, 0.25) is 0 Å². The first-order valence-electron chi connectivity index (χ1n) is 9.00. The van der Waals surface area contributed by atoms with Crippen molar-refractivity contribution < 1.29 is 9.53 Å². The Bertz CT molecular complexity index is 557. The van der Waals surface area contributed by atoms with Crippen molar-refractivity contribution in [2.75, 3.05) is 6.61 Å². The fourth-order valence-electron chi connectivity index (χ4n) is 3.40. The summed E-state index contributed by atoms with van der Waals surface area (Å²) in [5.74, 6) is 1.45. The minimum atomic E-state index is -0.0272. The molecular formula is C20H30BrNO2. The predicted octanol–water partition coefficient (Wildman–Crippen LogP) is 5.11. The van der Waals surface area contributed by atoms with Gasteiger partial charge in [-0.25, -0.2) is 0 Å². The van der Waals surface area contributed by atoms with Crippen LogP contribution in [0.5, 0.6) is 5.75 Å². The summed E-state index contributed by atoms with van der Waals surface area (Å²) in [6.45, 7) is 9.12. The average Bonchev–Trinajstić information content (AvgIpc) is 2.53. The van der Waals surface area contributed by atoms with Crippen LogP contribution in [0.1, 0.15) is 58.9 Å². The highest BCUT2D eigenvalue weighted by Crippen LogP contribution is 2.37. The Morgan fingerprint density at radius 3 is 2.46 bits per heavy atom. The minimum absolute atomic E-state index is 0.0272. The molecular weight excluding hydrogens is 366 g/mol. The van der Waals surface area contributed by atoms with Crippen LogP contribution in [-0.2, 0) is 11.2 Å². The van der Waals surface area contributed by atoms with Gasteiger partial charge in [-0.2, -0.15) is 0 Å². The fraction of sp³-hybridized carbons (Fsp3) is 0.650. The normalized spacial score (nSPS) is 21.4. The molecule has 1 amide bonds. The van der Waals surface area contributed by atoms with E-state index >= 15 is 0 Å². The van der Waals surface area contributed by atoms with Crippen molar-refractivity contribution >= 4 is 21.8 Å². The molecule has 1 N–H and O–H groups in total. The van der Waals surface area contributed by atoms with Crippen LogP contribution in [-0.4, -0.2) is 18.6 Å². The quantitative estimate of drug-likeness (QED) is 0.751. The zero-order valence-corrected chi connectivity index (χ0v) is 16.9. The van der Waals surface area contributed by atoms with E-state index in [1.165, 1.54) is 18.4 Å². The highest BCUT2D eigenvalue weighted by molar-refractivity contribution is 9.10. The number of amides is 1. The van der Waals surface area contributed by atoms with Crippen molar-refractivity contribution in [3.05, 3.63) is 28.2 Å². The van der Waals surface area contributed by atoms with E-state index in [0.29, 0.717) is 11.5 Å². The van der Waals surface area contributed by atoms with Crippen LogP contribution in [0.25, 0.3) is 0 Å². The minimum Gasteiger partial charge on any atom is -0.483 e. The molecule has 0 saturated heterocycles. The van der Waals surface area contributed by atoms with E-state index in [9.17, 15) is 4.79 Å². The van der Waals surface area contributed by atoms with Crippen LogP contribution in [0.4, 0.5) is 0 Å². The molecule has 0 unspecified atom stereocenters. The molecule has 0 bridgehead atoms. The lowest BCUT2D eigenvalue weighted by Gasteiger charge is -2.37. The number of benzene rings is 1. The molecule has 134 valence electrons. The van der Waals surface area contributed by atoms with Gasteiger partial charge in [-0.3, -0.25) is 4.79 Å². The maximum absolute atomic E-state index is 12.1. The van der Waals surface area contributed by atoms with Crippen molar-refractivity contribution in [1.29, 1.82) is 0 Å². The Morgan fingerprint density at radius 1 is 1.25 bits per heavy atom. The molecule has 1 aromatic rings. The molecule has 0 aliphatic heterocycles. The number of hydrogen-bond donors (Lipinski definition) is 1. The Labute approximate surface area is 154 Å². The maximum Gasteiger partial charge on any atom is 0.258 e. The first-order valence-corrected chi connectivity index (χ1v) is 9.79. The largest absolute Gasteiger partial charge is 0.483 e. The van der Waals surface area contributed by atoms with Crippen molar-refractivity contribution in [3.63, 3.8) is 0 Å². The van der Waals surface area contributed by atoms with Gasteiger partial charge in [-0.15, -0.1) is 0 Å². The summed E-state index contributed by atoms with van der Waals surface area (Å²) in [6.07, 6.45) is 5.51. The second-order valence-electron chi connectivity index (χ2n) is 7.89. The van der Waals surface area contributed by atoms with Crippen molar-refractivity contribution in [2.45, 2.75) is 65.8 Å².